The number of esters is 1. The fourth-order valence-electron chi connectivity index (χ4n) is 2.97. The van der Waals surface area contributed by atoms with Crippen molar-refractivity contribution in [3.63, 3.8) is 0 Å². The second kappa shape index (κ2) is 7.53. The van der Waals surface area contributed by atoms with Crippen LogP contribution >= 0.6 is 11.6 Å². The number of Topliss-reactive ketones (excluding diaryl/α,β-unsaturated/α-hetero) is 1. The Hall–Kier alpha value is -3.44. The van der Waals surface area contributed by atoms with E-state index in [-0.39, 0.29) is 27.8 Å². The molecule has 4 rings (SSSR count). The molecule has 0 atom stereocenters. The van der Waals surface area contributed by atoms with E-state index in [1.165, 1.54) is 42.5 Å². The Morgan fingerprint density at radius 2 is 1.90 bits per heavy atom. The maximum atomic E-state index is 14.0. The average molecular weight is 409 g/mol. The van der Waals surface area contributed by atoms with Crippen LogP contribution in [0.5, 0.6) is 11.5 Å². The minimum atomic E-state index is -0.565. The maximum Gasteiger partial charge on any atom is 0.343 e. The van der Waals surface area contributed by atoms with E-state index in [2.05, 4.69) is 0 Å². The first-order valence-corrected chi connectivity index (χ1v) is 9.12. The Bertz CT molecular complexity index is 1160. The summed E-state index contributed by atoms with van der Waals surface area (Å²) < 4.78 is 25.0. The summed E-state index contributed by atoms with van der Waals surface area (Å²) in [5.41, 5.74) is 1.59. The van der Waals surface area contributed by atoms with Gasteiger partial charge in [-0.1, -0.05) is 35.9 Å². The molecule has 6 heteroatoms. The Morgan fingerprint density at radius 3 is 2.66 bits per heavy atom. The summed E-state index contributed by atoms with van der Waals surface area (Å²) in [5.74, 6) is -1.09. The zero-order chi connectivity index (χ0) is 20.5. The number of aryl methyl sites for hydroxylation is 1. The van der Waals surface area contributed by atoms with Gasteiger partial charge in [0.05, 0.1) is 16.1 Å². The number of rotatable bonds is 3. The molecule has 0 spiro atoms. The first-order valence-electron chi connectivity index (χ1n) is 8.74. The lowest BCUT2D eigenvalue weighted by Gasteiger charge is -2.07. The van der Waals surface area contributed by atoms with Crippen molar-refractivity contribution in [2.24, 2.45) is 0 Å². The van der Waals surface area contributed by atoms with Gasteiger partial charge in [0, 0.05) is 11.6 Å². The number of halogens is 2. The number of carbonyl (C=O) groups is 2. The zero-order valence-corrected chi connectivity index (χ0v) is 16.0. The fraction of sp³-hybridized carbons (Fsp3) is 0.0435. The van der Waals surface area contributed by atoms with Crippen molar-refractivity contribution < 1.29 is 23.5 Å². The van der Waals surface area contributed by atoms with Gasteiger partial charge in [0.2, 0.25) is 5.78 Å². The van der Waals surface area contributed by atoms with Gasteiger partial charge in [0.1, 0.15) is 17.3 Å². The predicted molar refractivity (Wildman–Crippen MR) is 107 cm³/mol. The first-order chi connectivity index (χ1) is 13.9. The van der Waals surface area contributed by atoms with Gasteiger partial charge in [-0.15, -0.1) is 0 Å². The lowest BCUT2D eigenvalue weighted by Crippen LogP contribution is -2.10. The molecule has 3 aromatic rings. The van der Waals surface area contributed by atoms with E-state index in [1.54, 1.807) is 12.1 Å². The molecule has 0 saturated carbocycles. The van der Waals surface area contributed by atoms with Crippen LogP contribution in [0.15, 0.2) is 66.4 Å². The minimum absolute atomic E-state index is 0.0608. The highest BCUT2D eigenvalue weighted by atomic mass is 35.5. The highest BCUT2D eigenvalue weighted by molar-refractivity contribution is 6.32. The van der Waals surface area contributed by atoms with Crippen LogP contribution in [0.1, 0.15) is 31.8 Å². The van der Waals surface area contributed by atoms with Crippen molar-refractivity contribution in [3.8, 4) is 11.5 Å². The van der Waals surface area contributed by atoms with Crippen LogP contribution in [0.25, 0.3) is 6.08 Å². The van der Waals surface area contributed by atoms with E-state index in [1.807, 2.05) is 19.1 Å². The molecule has 1 aliphatic rings. The topological polar surface area (TPSA) is 52.6 Å². The molecule has 0 amide bonds. The molecule has 0 aliphatic carbocycles. The SMILES string of the molecule is Cc1ccccc1C(=O)Oc1ccc2c(c1)O/C(=C/c1c(F)cccc1Cl)C2=O. The Balaban J connectivity index is 1.60. The van der Waals surface area contributed by atoms with E-state index >= 15 is 0 Å². The normalized spacial score (nSPS) is 13.9. The van der Waals surface area contributed by atoms with Crippen molar-refractivity contribution in [2.45, 2.75) is 6.92 Å². The summed E-state index contributed by atoms with van der Waals surface area (Å²) in [7, 11) is 0. The predicted octanol–water partition coefficient (Wildman–Crippen LogP) is 5.62. The van der Waals surface area contributed by atoms with Gasteiger partial charge in [0.15, 0.2) is 5.76 Å². The number of hydrogen-bond acceptors (Lipinski definition) is 4. The second-order valence-corrected chi connectivity index (χ2v) is 6.84. The average Bonchev–Trinajstić information content (AvgIpc) is 3.00. The third-order valence-corrected chi connectivity index (χ3v) is 4.82. The fourth-order valence-corrected chi connectivity index (χ4v) is 3.19. The van der Waals surface area contributed by atoms with Gasteiger partial charge in [-0.3, -0.25) is 4.79 Å². The molecule has 0 unspecified atom stereocenters. The van der Waals surface area contributed by atoms with Gasteiger partial charge in [-0.25, -0.2) is 9.18 Å². The molecule has 3 aromatic carbocycles. The largest absolute Gasteiger partial charge is 0.452 e. The number of allylic oxidation sites excluding steroid dienone is 1. The molecule has 0 saturated heterocycles. The molecular formula is C23H14ClFO4. The van der Waals surface area contributed by atoms with Crippen molar-refractivity contribution in [3.05, 3.63) is 99.5 Å². The summed E-state index contributed by atoms with van der Waals surface area (Å²) in [6.07, 6.45) is 1.26. The summed E-state index contributed by atoms with van der Waals surface area (Å²) >= 11 is 6.01. The van der Waals surface area contributed by atoms with Crippen molar-refractivity contribution >= 4 is 29.4 Å². The summed E-state index contributed by atoms with van der Waals surface area (Å²) in [4.78, 5) is 24.9. The highest BCUT2D eigenvalue weighted by Gasteiger charge is 2.28. The monoisotopic (exact) mass is 408 g/mol. The molecule has 0 bridgehead atoms. The molecule has 0 fully saturated rings. The quantitative estimate of drug-likeness (QED) is 0.320. The van der Waals surface area contributed by atoms with Crippen molar-refractivity contribution in [2.75, 3.05) is 0 Å². The smallest absolute Gasteiger partial charge is 0.343 e. The van der Waals surface area contributed by atoms with Gasteiger partial charge in [-0.05, 0) is 48.9 Å². The van der Waals surface area contributed by atoms with E-state index in [9.17, 15) is 14.0 Å². The first kappa shape index (κ1) is 18.9. The van der Waals surface area contributed by atoms with Gasteiger partial charge in [-0.2, -0.15) is 0 Å². The third kappa shape index (κ3) is 3.65. The van der Waals surface area contributed by atoms with Gasteiger partial charge in [0.25, 0.3) is 0 Å². The molecule has 29 heavy (non-hydrogen) atoms. The number of ketones is 1. The number of ether oxygens (including phenoxy) is 2. The van der Waals surface area contributed by atoms with Crippen LogP contribution in [0.4, 0.5) is 4.39 Å². The number of fused-ring (bicyclic) bond motifs is 1. The lowest BCUT2D eigenvalue weighted by molar-refractivity contribution is 0.0733. The van der Waals surface area contributed by atoms with Crippen LogP contribution in [0.2, 0.25) is 5.02 Å². The van der Waals surface area contributed by atoms with Gasteiger partial charge < -0.3 is 9.47 Å². The molecule has 0 N–H and O–H groups in total. The van der Waals surface area contributed by atoms with Crippen LogP contribution in [-0.2, 0) is 0 Å². The van der Waals surface area contributed by atoms with Crippen LogP contribution in [0, 0.1) is 12.7 Å². The maximum absolute atomic E-state index is 14.0. The van der Waals surface area contributed by atoms with Gasteiger partial charge >= 0.3 is 5.97 Å². The molecule has 1 heterocycles. The molecule has 144 valence electrons. The zero-order valence-electron chi connectivity index (χ0n) is 15.2. The summed E-state index contributed by atoms with van der Waals surface area (Å²) in [6.45, 7) is 1.81. The molecule has 0 radical (unpaired) electrons. The molecule has 1 aliphatic heterocycles. The van der Waals surface area contributed by atoms with Crippen LogP contribution < -0.4 is 9.47 Å². The van der Waals surface area contributed by atoms with Crippen LogP contribution in [-0.4, -0.2) is 11.8 Å². The number of hydrogen-bond donors (Lipinski definition) is 0. The Morgan fingerprint density at radius 1 is 1.10 bits per heavy atom. The second-order valence-electron chi connectivity index (χ2n) is 6.44. The summed E-state index contributed by atoms with van der Waals surface area (Å²) in [5, 5.41) is 0.165. The lowest BCUT2D eigenvalue weighted by atomic mass is 10.1. The van der Waals surface area contributed by atoms with E-state index in [0.29, 0.717) is 11.1 Å². The van der Waals surface area contributed by atoms with E-state index in [4.69, 9.17) is 21.1 Å². The Labute approximate surface area is 171 Å². The van der Waals surface area contributed by atoms with E-state index < -0.39 is 17.6 Å². The highest BCUT2D eigenvalue weighted by Crippen LogP contribution is 2.36. The standard InChI is InChI=1S/C23H14ClFO4/c1-13-5-2-3-6-15(13)23(27)28-14-9-10-16-20(11-14)29-21(22(16)26)12-17-18(24)7-4-8-19(17)25/h2-12H,1H3/b21-12+. The Kier molecular flexibility index (Phi) is 4.91. The molecule has 4 nitrogen and oxygen atoms in total. The number of carbonyl (C=O) groups excluding carboxylic acids is 2. The van der Waals surface area contributed by atoms with Crippen LogP contribution in [0.3, 0.4) is 0 Å². The van der Waals surface area contributed by atoms with E-state index in [0.717, 1.165) is 5.56 Å². The summed E-state index contributed by atoms with van der Waals surface area (Å²) in [6, 6.07) is 15.8. The van der Waals surface area contributed by atoms with Crippen molar-refractivity contribution in [1.82, 2.24) is 0 Å². The third-order valence-electron chi connectivity index (χ3n) is 4.49. The minimum Gasteiger partial charge on any atom is -0.452 e. The molecular weight excluding hydrogens is 395 g/mol. The van der Waals surface area contributed by atoms with Crippen molar-refractivity contribution in [1.29, 1.82) is 0 Å². The number of benzene rings is 3. The molecule has 0 aromatic heterocycles.